The van der Waals surface area contributed by atoms with Crippen molar-refractivity contribution in [1.82, 2.24) is 4.98 Å². The zero-order chi connectivity index (χ0) is 10.1. The zero-order valence-corrected chi connectivity index (χ0v) is 9.87. The quantitative estimate of drug-likeness (QED) is 0.841. The van der Waals surface area contributed by atoms with Gasteiger partial charge in [0, 0.05) is 5.69 Å². The van der Waals surface area contributed by atoms with Crippen LogP contribution in [0.2, 0.25) is 0 Å². The fourth-order valence-electron chi connectivity index (χ4n) is 1.27. The molecule has 70 valence electrons. The highest BCUT2D eigenvalue weighted by Crippen LogP contribution is 2.31. The number of nitrogens with one attached hydrogen (secondary N) is 1. The van der Waals surface area contributed by atoms with E-state index in [1.165, 1.54) is 0 Å². The molecule has 2 aromatic heterocycles. The van der Waals surface area contributed by atoms with Gasteiger partial charge in [-0.2, -0.15) is 5.26 Å². The molecule has 14 heavy (non-hydrogen) atoms. The second kappa shape index (κ2) is 3.60. The summed E-state index contributed by atoms with van der Waals surface area (Å²) >= 11 is 5.06. The van der Waals surface area contributed by atoms with E-state index in [9.17, 15) is 0 Å². The molecule has 0 aliphatic heterocycles. The number of rotatable bonds is 1. The van der Waals surface area contributed by atoms with Crippen LogP contribution < -0.4 is 0 Å². The largest absolute Gasteiger partial charge is 0.357 e. The third-order valence-electron chi connectivity index (χ3n) is 1.97. The lowest BCUT2D eigenvalue weighted by Crippen LogP contribution is -1.73. The van der Waals surface area contributed by atoms with Crippen LogP contribution in [-0.2, 0) is 0 Å². The van der Waals surface area contributed by atoms with E-state index in [1.807, 2.05) is 25.1 Å². The Labute approximate surface area is 94.3 Å². The van der Waals surface area contributed by atoms with Crippen LogP contribution in [0.1, 0.15) is 11.3 Å². The van der Waals surface area contributed by atoms with Gasteiger partial charge in [-0.3, -0.25) is 0 Å². The molecule has 0 saturated carbocycles. The maximum Gasteiger partial charge on any atom is 0.101 e. The van der Waals surface area contributed by atoms with E-state index in [1.54, 1.807) is 11.3 Å². The van der Waals surface area contributed by atoms with Crippen LogP contribution in [0.25, 0.3) is 10.6 Å². The summed E-state index contributed by atoms with van der Waals surface area (Å²) in [6.45, 7) is 1.91. The molecule has 0 aromatic carbocycles. The predicted molar refractivity (Wildman–Crippen MR) is 61.3 cm³/mol. The lowest BCUT2D eigenvalue weighted by Gasteiger charge is -1.89. The van der Waals surface area contributed by atoms with Gasteiger partial charge in [0.15, 0.2) is 0 Å². The van der Waals surface area contributed by atoms with Gasteiger partial charge in [-0.15, -0.1) is 11.3 Å². The molecule has 0 atom stereocenters. The summed E-state index contributed by atoms with van der Waals surface area (Å²) in [7, 11) is 0. The van der Waals surface area contributed by atoms with Crippen LogP contribution in [0.5, 0.6) is 0 Å². The summed E-state index contributed by atoms with van der Waals surface area (Å²) in [6, 6.07) is 8.07. The van der Waals surface area contributed by atoms with Gasteiger partial charge in [0.05, 0.1) is 19.9 Å². The summed E-state index contributed by atoms with van der Waals surface area (Å²) in [5.41, 5.74) is 2.64. The molecule has 0 radical (unpaired) electrons. The Balaban J connectivity index is 2.48. The molecule has 0 spiro atoms. The van der Waals surface area contributed by atoms with Crippen molar-refractivity contribution in [1.29, 1.82) is 5.26 Å². The third-order valence-corrected chi connectivity index (χ3v) is 3.63. The van der Waals surface area contributed by atoms with Gasteiger partial charge in [-0.1, -0.05) is 0 Å². The van der Waals surface area contributed by atoms with Crippen molar-refractivity contribution in [3.63, 3.8) is 0 Å². The van der Waals surface area contributed by atoms with E-state index >= 15 is 0 Å². The van der Waals surface area contributed by atoms with Gasteiger partial charge in [0.1, 0.15) is 6.07 Å². The lowest BCUT2D eigenvalue weighted by atomic mass is 10.2. The minimum atomic E-state index is 0.713. The Bertz CT molecular complexity index is 504. The second-order valence-electron chi connectivity index (χ2n) is 2.94. The van der Waals surface area contributed by atoms with Crippen molar-refractivity contribution in [2.45, 2.75) is 6.92 Å². The summed E-state index contributed by atoms with van der Waals surface area (Å²) in [4.78, 5) is 4.33. The summed E-state index contributed by atoms with van der Waals surface area (Å²) in [6.07, 6.45) is 0. The first kappa shape index (κ1) is 9.50. The van der Waals surface area contributed by atoms with E-state index in [-0.39, 0.29) is 0 Å². The van der Waals surface area contributed by atoms with Gasteiger partial charge < -0.3 is 4.98 Å². The Hall–Kier alpha value is -1.05. The van der Waals surface area contributed by atoms with Gasteiger partial charge >= 0.3 is 0 Å². The minimum Gasteiger partial charge on any atom is -0.357 e. The number of aromatic nitrogens is 1. The molecular weight excluding hydrogens is 260 g/mol. The van der Waals surface area contributed by atoms with Crippen molar-refractivity contribution in [3.8, 4) is 16.6 Å². The number of aryl methyl sites for hydroxylation is 1. The van der Waals surface area contributed by atoms with E-state index in [0.29, 0.717) is 5.56 Å². The molecule has 0 aliphatic rings. The molecule has 2 rings (SSSR count). The zero-order valence-electron chi connectivity index (χ0n) is 7.47. The Morgan fingerprint density at radius 2 is 2.29 bits per heavy atom. The molecular formula is C10H7BrN2S. The highest BCUT2D eigenvalue weighted by molar-refractivity contribution is 9.11. The Kier molecular flexibility index (Phi) is 2.44. The van der Waals surface area contributed by atoms with E-state index in [2.05, 4.69) is 27.0 Å². The number of thiophene rings is 1. The third kappa shape index (κ3) is 1.61. The van der Waals surface area contributed by atoms with Crippen LogP contribution in [0, 0.1) is 18.3 Å². The first-order valence-electron chi connectivity index (χ1n) is 4.06. The number of aromatic amines is 1. The van der Waals surface area contributed by atoms with Crippen molar-refractivity contribution in [2.75, 3.05) is 0 Å². The smallest absolute Gasteiger partial charge is 0.101 e. The van der Waals surface area contributed by atoms with Crippen LogP contribution in [0.4, 0.5) is 0 Å². The topological polar surface area (TPSA) is 39.6 Å². The molecule has 0 bridgehead atoms. The molecule has 0 fully saturated rings. The number of hydrogen-bond acceptors (Lipinski definition) is 2. The Morgan fingerprint density at radius 3 is 2.79 bits per heavy atom. The van der Waals surface area contributed by atoms with Gasteiger partial charge in [-0.05, 0) is 41.1 Å². The fourth-order valence-corrected chi connectivity index (χ4v) is 2.62. The van der Waals surface area contributed by atoms with Crippen molar-refractivity contribution in [3.05, 3.63) is 33.2 Å². The average molecular weight is 267 g/mol. The van der Waals surface area contributed by atoms with Gasteiger partial charge in [0.2, 0.25) is 0 Å². The molecule has 0 unspecified atom stereocenters. The lowest BCUT2D eigenvalue weighted by molar-refractivity contribution is 1.26. The summed E-state index contributed by atoms with van der Waals surface area (Å²) < 4.78 is 1.10. The standard InChI is InChI=1S/C10H7BrN2S/c1-6-7(5-12)4-8(13-6)9-2-3-10(11)14-9/h2-4,13H,1H3. The minimum absolute atomic E-state index is 0.713. The van der Waals surface area contributed by atoms with E-state index in [4.69, 9.17) is 5.26 Å². The molecule has 1 N–H and O–H groups in total. The number of nitrogens with zero attached hydrogens (tertiary/aromatic N) is 1. The number of H-pyrrole nitrogens is 1. The van der Waals surface area contributed by atoms with Crippen molar-refractivity contribution in [2.24, 2.45) is 0 Å². The molecule has 2 nitrogen and oxygen atoms in total. The van der Waals surface area contributed by atoms with E-state index in [0.717, 1.165) is 20.1 Å². The predicted octanol–water partition coefficient (Wildman–Crippen LogP) is 3.69. The van der Waals surface area contributed by atoms with Crippen LogP contribution in [0.15, 0.2) is 22.0 Å². The molecule has 0 saturated heterocycles. The number of nitriles is 1. The number of hydrogen-bond donors (Lipinski definition) is 1. The highest BCUT2D eigenvalue weighted by Gasteiger charge is 2.07. The van der Waals surface area contributed by atoms with E-state index < -0.39 is 0 Å². The first-order chi connectivity index (χ1) is 6.70. The molecule has 4 heteroatoms. The van der Waals surface area contributed by atoms with Gasteiger partial charge in [0.25, 0.3) is 0 Å². The van der Waals surface area contributed by atoms with Crippen LogP contribution >= 0.6 is 27.3 Å². The highest BCUT2D eigenvalue weighted by atomic mass is 79.9. The normalized spacial score (nSPS) is 10.1. The van der Waals surface area contributed by atoms with Gasteiger partial charge in [-0.25, -0.2) is 0 Å². The van der Waals surface area contributed by atoms with Crippen LogP contribution in [-0.4, -0.2) is 4.98 Å². The molecule has 0 amide bonds. The second-order valence-corrected chi connectivity index (χ2v) is 5.40. The number of halogens is 1. The molecule has 2 aromatic rings. The molecule has 0 aliphatic carbocycles. The average Bonchev–Trinajstić information content (AvgIpc) is 2.71. The monoisotopic (exact) mass is 266 g/mol. The SMILES string of the molecule is Cc1[nH]c(-c2ccc(Br)s2)cc1C#N. The van der Waals surface area contributed by atoms with Crippen molar-refractivity contribution < 1.29 is 0 Å². The summed E-state index contributed by atoms with van der Waals surface area (Å²) in [5.74, 6) is 0. The maximum absolute atomic E-state index is 8.81. The Morgan fingerprint density at radius 1 is 1.50 bits per heavy atom. The van der Waals surface area contributed by atoms with Crippen molar-refractivity contribution >= 4 is 27.3 Å². The molecule has 2 heterocycles. The van der Waals surface area contributed by atoms with Crippen LogP contribution in [0.3, 0.4) is 0 Å². The maximum atomic E-state index is 8.81. The summed E-state index contributed by atoms with van der Waals surface area (Å²) in [5, 5.41) is 8.81. The first-order valence-corrected chi connectivity index (χ1v) is 5.67. The fraction of sp³-hybridized carbons (Fsp3) is 0.100.